The molecule has 4 rings (SSSR count). The molecular formula is C23H23Cl2N5O4. The van der Waals surface area contributed by atoms with Crippen molar-refractivity contribution < 1.29 is 9.84 Å². The van der Waals surface area contributed by atoms with Gasteiger partial charge in [-0.3, -0.25) is 14.3 Å². The number of ether oxygens (including phenoxy) is 1. The molecule has 178 valence electrons. The van der Waals surface area contributed by atoms with Crippen molar-refractivity contribution in [2.75, 3.05) is 18.5 Å². The Morgan fingerprint density at radius 1 is 1.18 bits per heavy atom. The van der Waals surface area contributed by atoms with Gasteiger partial charge in [-0.1, -0.05) is 53.5 Å². The highest BCUT2D eigenvalue weighted by atomic mass is 35.5. The molecule has 0 bridgehead atoms. The number of hydrogen-bond donors (Lipinski definition) is 3. The number of aliphatic hydroxyl groups excluding tert-OH is 1. The van der Waals surface area contributed by atoms with Gasteiger partial charge in [-0.15, -0.1) is 0 Å². The van der Waals surface area contributed by atoms with Crippen molar-refractivity contribution in [3.63, 3.8) is 0 Å². The maximum absolute atomic E-state index is 12.6. The fraction of sp³-hybridized carbons (Fsp3) is 0.261. The highest BCUT2D eigenvalue weighted by Gasteiger charge is 2.20. The van der Waals surface area contributed by atoms with Gasteiger partial charge in [0.05, 0.1) is 11.6 Å². The first-order valence-electron chi connectivity index (χ1n) is 10.6. The van der Waals surface area contributed by atoms with Gasteiger partial charge in [0.15, 0.2) is 11.2 Å². The number of nitrogens with one attached hydrogen (secondary N) is 2. The summed E-state index contributed by atoms with van der Waals surface area (Å²) in [4.78, 5) is 31.4. The van der Waals surface area contributed by atoms with E-state index in [1.807, 2.05) is 30.3 Å². The van der Waals surface area contributed by atoms with E-state index in [9.17, 15) is 14.7 Å². The number of imidazole rings is 1. The average molecular weight is 504 g/mol. The molecule has 0 saturated carbocycles. The van der Waals surface area contributed by atoms with Gasteiger partial charge in [-0.25, -0.2) is 4.79 Å². The molecule has 1 unspecified atom stereocenters. The summed E-state index contributed by atoms with van der Waals surface area (Å²) in [5.74, 6) is 0.739. The number of aliphatic hydroxyl groups is 1. The van der Waals surface area contributed by atoms with E-state index in [-0.39, 0.29) is 24.3 Å². The van der Waals surface area contributed by atoms with Gasteiger partial charge < -0.3 is 19.7 Å². The van der Waals surface area contributed by atoms with E-state index in [1.165, 1.54) is 11.6 Å². The Hall–Kier alpha value is -3.27. The molecule has 1 atom stereocenters. The summed E-state index contributed by atoms with van der Waals surface area (Å²) in [5.41, 5.74) is 0.365. The summed E-state index contributed by atoms with van der Waals surface area (Å²) in [6.07, 6.45) is -0.282. The molecule has 9 nitrogen and oxygen atoms in total. The number of benzene rings is 2. The predicted octanol–water partition coefficient (Wildman–Crippen LogP) is 2.82. The lowest BCUT2D eigenvalue weighted by Gasteiger charge is -2.16. The van der Waals surface area contributed by atoms with Crippen LogP contribution in [0.4, 0.5) is 5.95 Å². The van der Waals surface area contributed by atoms with Crippen LogP contribution in [-0.2, 0) is 20.0 Å². The topological polar surface area (TPSA) is 114 Å². The second-order valence-corrected chi connectivity index (χ2v) is 8.58. The number of H-pyrrole nitrogens is 1. The average Bonchev–Trinajstić information content (AvgIpc) is 3.16. The number of fused-ring (bicyclic) bond motifs is 1. The molecule has 2 aromatic heterocycles. The lowest BCUT2D eigenvalue weighted by molar-refractivity contribution is 0.0939. The number of aromatic amines is 1. The molecule has 4 aromatic rings. The van der Waals surface area contributed by atoms with E-state index in [0.717, 1.165) is 12.0 Å². The minimum absolute atomic E-state index is 0.00331. The van der Waals surface area contributed by atoms with Crippen LogP contribution < -0.4 is 21.3 Å². The molecular weight excluding hydrogens is 481 g/mol. The highest BCUT2D eigenvalue weighted by molar-refractivity contribution is 6.35. The van der Waals surface area contributed by atoms with Crippen molar-refractivity contribution in [3.05, 3.63) is 85.0 Å². The molecule has 0 fully saturated rings. The smallest absolute Gasteiger partial charge is 0.329 e. The van der Waals surface area contributed by atoms with Gasteiger partial charge in [0.1, 0.15) is 18.5 Å². The number of aromatic nitrogens is 4. The van der Waals surface area contributed by atoms with E-state index < -0.39 is 17.4 Å². The number of anilines is 1. The summed E-state index contributed by atoms with van der Waals surface area (Å²) in [7, 11) is 1.52. The standard InChI is InChI=1S/C23H23Cl2N5O4/c1-29-20-19(21(32)28-23(29)33)30(22(27-20)26-10-9-14-5-3-2-4-6-14)12-16(31)13-34-18-8-7-15(24)11-17(18)25/h2-8,11,16,31H,9-10,12-13H2,1H3,(H,26,27)(H,28,32,33). The molecule has 0 saturated heterocycles. The van der Waals surface area contributed by atoms with Crippen LogP contribution in [0.2, 0.25) is 10.0 Å². The van der Waals surface area contributed by atoms with Crippen molar-refractivity contribution in [2.45, 2.75) is 19.1 Å². The Morgan fingerprint density at radius 2 is 1.94 bits per heavy atom. The minimum Gasteiger partial charge on any atom is -0.489 e. The van der Waals surface area contributed by atoms with Crippen LogP contribution in [0, 0.1) is 0 Å². The predicted molar refractivity (Wildman–Crippen MR) is 132 cm³/mol. The lowest BCUT2D eigenvalue weighted by atomic mass is 10.1. The van der Waals surface area contributed by atoms with Crippen LogP contribution in [-0.4, -0.2) is 43.5 Å². The van der Waals surface area contributed by atoms with Crippen LogP contribution in [0.5, 0.6) is 5.75 Å². The van der Waals surface area contributed by atoms with E-state index in [0.29, 0.717) is 28.3 Å². The van der Waals surface area contributed by atoms with Crippen molar-refractivity contribution in [2.24, 2.45) is 7.05 Å². The minimum atomic E-state index is -1.00. The third-order valence-corrected chi connectivity index (χ3v) is 5.80. The molecule has 3 N–H and O–H groups in total. The third kappa shape index (κ3) is 5.27. The molecule has 0 aliphatic heterocycles. The van der Waals surface area contributed by atoms with Crippen LogP contribution in [0.3, 0.4) is 0 Å². The third-order valence-electron chi connectivity index (χ3n) is 5.27. The van der Waals surface area contributed by atoms with E-state index in [2.05, 4.69) is 15.3 Å². The maximum atomic E-state index is 12.6. The van der Waals surface area contributed by atoms with Crippen molar-refractivity contribution in [1.29, 1.82) is 0 Å². The summed E-state index contributed by atoms with van der Waals surface area (Å²) in [6, 6.07) is 14.7. The van der Waals surface area contributed by atoms with Gasteiger partial charge in [0, 0.05) is 18.6 Å². The van der Waals surface area contributed by atoms with Gasteiger partial charge in [0.25, 0.3) is 5.56 Å². The number of aryl methyl sites for hydroxylation is 1. The fourth-order valence-electron chi connectivity index (χ4n) is 3.55. The summed E-state index contributed by atoms with van der Waals surface area (Å²) < 4.78 is 8.44. The number of rotatable bonds is 9. The zero-order valence-corrected chi connectivity index (χ0v) is 19.8. The Labute approximate surface area is 204 Å². The first kappa shape index (κ1) is 23.9. The molecule has 11 heteroatoms. The van der Waals surface area contributed by atoms with Gasteiger partial charge >= 0.3 is 5.69 Å². The molecule has 2 heterocycles. The second-order valence-electron chi connectivity index (χ2n) is 7.74. The van der Waals surface area contributed by atoms with Crippen molar-refractivity contribution in [3.8, 4) is 5.75 Å². The molecule has 0 radical (unpaired) electrons. The van der Waals surface area contributed by atoms with Gasteiger partial charge in [-0.05, 0) is 30.2 Å². The Morgan fingerprint density at radius 3 is 2.68 bits per heavy atom. The molecule has 0 spiro atoms. The Bertz CT molecular complexity index is 1410. The molecule has 34 heavy (non-hydrogen) atoms. The quantitative estimate of drug-likeness (QED) is 0.323. The monoisotopic (exact) mass is 503 g/mol. The van der Waals surface area contributed by atoms with Crippen LogP contribution >= 0.6 is 23.2 Å². The first-order chi connectivity index (χ1) is 16.3. The largest absolute Gasteiger partial charge is 0.489 e. The maximum Gasteiger partial charge on any atom is 0.329 e. The Balaban J connectivity index is 1.57. The van der Waals surface area contributed by atoms with Crippen molar-refractivity contribution in [1.82, 2.24) is 19.1 Å². The number of halogens is 2. The van der Waals surface area contributed by atoms with Crippen LogP contribution in [0.15, 0.2) is 58.1 Å². The lowest BCUT2D eigenvalue weighted by Crippen LogP contribution is -2.31. The molecule has 0 aliphatic rings. The second kappa shape index (κ2) is 10.3. The van der Waals surface area contributed by atoms with E-state index >= 15 is 0 Å². The number of hydrogen-bond acceptors (Lipinski definition) is 6. The Kier molecular flexibility index (Phi) is 7.26. The van der Waals surface area contributed by atoms with Crippen LogP contribution in [0.25, 0.3) is 11.2 Å². The molecule has 0 aliphatic carbocycles. The number of nitrogens with zero attached hydrogens (tertiary/aromatic N) is 3. The molecule has 2 aromatic carbocycles. The van der Waals surface area contributed by atoms with Crippen LogP contribution in [0.1, 0.15) is 5.56 Å². The van der Waals surface area contributed by atoms with Crippen molar-refractivity contribution >= 4 is 40.3 Å². The summed E-state index contributed by atoms with van der Waals surface area (Å²) in [5, 5.41) is 14.7. The normalized spacial score (nSPS) is 12.1. The highest BCUT2D eigenvalue weighted by Crippen LogP contribution is 2.27. The summed E-state index contributed by atoms with van der Waals surface area (Å²) in [6.45, 7) is 0.441. The van der Waals surface area contributed by atoms with E-state index in [1.54, 1.807) is 22.8 Å². The first-order valence-corrected chi connectivity index (χ1v) is 11.3. The van der Waals surface area contributed by atoms with Gasteiger partial charge in [0.2, 0.25) is 5.95 Å². The zero-order valence-electron chi connectivity index (χ0n) is 18.3. The SMILES string of the molecule is Cn1c(=O)[nH]c(=O)c2c1nc(NCCc1ccccc1)n2CC(O)COc1ccc(Cl)cc1Cl. The van der Waals surface area contributed by atoms with Gasteiger partial charge in [-0.2, -0.15) is 4.98 Å². The zero-order chi connectivity index (χ0) is 24.2. The fourth-order valence-corrected chi connectivity index (χ4v) is 4.02. The molecule has 0 amide bonds. The summed E-state index contributed by atoms with van der Waals surface area (Å²) >= 11 is 12.0. The van der Waals surface area contributed by atoms with E-state index in [4.69, 9.17) is 27.9 Å².